The maximum Gasteiger partial charge on any atom is 0.251 e. The van der Waals surface area contributed by atoms with E-state index in [1.165, 1.54) is 13.4 Å². The number of aromatic nitrogens is 4. The van der Waals surface area contributed by atoms with Gasteiger partial charge in [0.25, 0.3) is 5.91 Å². The van der Waals surface area contributed by atoms with Crippen molar-refractivity contribution in [3.05, 3.63) is 11.6 Å². The number of anilines is 1. The fourth-order valence-electron chi connectivity index (χ4n) is 1.94. The van der Waals surface area contributed by atoms with E-state index in [4.69, 9.17) is 11.6 Å². The van der Waals surface area contributed by atoms with Crippen molar-refractivity contribution < 1.29 is 9.59 Å². The number of imide groups is 1. The van der Waals surface area contributed by atoms with Gasteiger partial charge in [0.05, 0.1) is 12.7 Å². The molecule has 0 aliphatic carbocycles. The van der Waals surface area contributed by atoms with Crippen LogP contribution in [-0.4, -0.2) is 49.7 Å². The van der Waals surface area contributed by atoms with Crippen LogP contribution in [0.25, 0.3) is 11.2 Å². The van der Waals surface area contributed by atoms with Gasteiger partial charge >= 0.3 is 0 Å². The number of nitrogens with one attached hydrogen (secondary N) is 2. The van der Waals surface area contributed by atoms with Gasteiger partial charge in [-0.3, -0.25) is 14.5 Å². The lowest BCUT2D eigenvalue weighted by Gasteiger charge is -2.11. The first-order chi connectivity index (χ1) is 9.06. The Morgan fingerprint density at radius 3 is 2.95 bits per heavy atom. The second-order valence-corrected chi connectivity index (χ2v) is 4.47. The van der Waals surface area contributed by atoms with E-state index >= 15 is 0 Å². The van der Waals surface area contributed by atoms with Crippen LogP contribution in [0.4, 0.5) is 5.82 Å². The third-order valence-corrected chi connectivity index (χ3v) is 3.12. The van der Waals surface area contributed by atoms with Crippen LogP contribution in [-0.2, 0) is 9.59 Å². The number of aromatic amines is 1. The molecule has 1 aliphatic rings. The molecule has 9 heteroatoms. The Labute approximate surface area is 112 Å². The number of fused-ring (bicyclic) bond motifs is 1. The third-order valence-electron chi connectivity index (χ3n) is 2.95. The number of hydrogen-bond acceptors (Lipinski definition) is 6. The third kappa shape index (κ3) is 1.89. The zero-order valence-corrected chi connectivity index (χ0v) is 10.6. The Balaban J connectivity index is 1.96. The number of halogens is 1. The first-order valence-electron chi connectivity index (χ1n) is 5.50. The molecule has 2 N–H and O–H groups in total. The van der Waals surface area contributed by atoms with Gasteiger partial charge in [0.2, 0.25) is 11.2 Å². The summed E-state index contributed by atoms with van der Waals surface area (Å²) in [6.45, 7) is 0. The molecule has 2 amide bonds. The zero-order valence-electron chi connectivity index (χ0n) is 9.85. The predicted molar refractivity (Wildman–Crippen MR) is 66.5 cm³/mol. The van der Waals surface area contributed by atoms with Crippen LogP contribution < -0.4 is 5.32 Å². The van der Waals surface area contributed by atoms with Crippen molar-refractivity contribution in [3.63, 3.8) is 0 Å². The van der Waals surface area contributed by atoms with E-state index in [1.807, 2.05) is 0 Å². The molecule has 2 aromatic heterocycles. The molecule has 0 radical (unpaired) electrons. The molecular weight excluding hydrogens is 272 g/mol. The number of likely N-dealkylation sites (tertiary alicyclic amines) is 1. The maximum atomic E-state index is 11.8. The fourth-order valence-corrected chi connectivity index (χ4v) is 2.11. The highest BCUT2D eigenvalue weighted by atomic mass is 35.5. The molecule has 8 nitrogen and oxygen atoms in total. The monoisotopic (exact) mass is 280 g/mol. The number of hydrogen-bond donors (Lipinski definition) is 2. The lowest BCUT2D eigenvalue weighted by atomic mass is 10.2. The van der Waals surface area contributed by atoms with Gasteiger partial charge in [0.1, 0.15) is 11.6 Å². The summed E-state index contributed by atoms with van der Waals surface area (Å²) < 4.78 is 0. The molecule has 98 valence electrons. The first kappa shape index (κ1) is 11.8. The Morgan fingerprint density at radius 1 is 1.47 bits per heavy atom. The molecule has 1 atom stereocenters. The standard InChI is InChI=1S/C10H9ClN6O2/c1-17-5(18)2-4(9(17)19)14-8-6-7(13-3-12-6)15-10(11)16-8/h3-4H,2H2,1H3,(H2,12,13,14,15,16). The van der Waals surface area contributed by atoms with E-state index in [2.05, 4.69) is 25.3 Å². The SMILES string of the molecule is CN1C(=O)CC(Nc2nc(Cl)nc3nc[nH]c23)C1=O. The van der Waals surface area contributed by atoms with E-state index in [-0.39, 0.29) is 23.5 Å². The van der Waals surface area contributed by atoms with Gasteiger partial charge in [0.15, 0.2) is 11.5 Å². The molecule has 0 saturated carbocycles. The number of nitrogens with zero attached hydrogens (tertiary/aromatic N) is 4. The molecule has 19 heavy (non-hydrogen) atoms. The Bertz CT molecular complexity index is 684. The lowest BCUT2D eigenvalue weighted by Crippen LogP contribution is -2.32. The molecule has 0 bridgehead atoms. The summed E-state index contributed by atoms with van der Waals surface area (Å²) in [6, 6.07) is -0.644. The number of carbonyl (C=O) groups excluding carboxylic acids is 2. The largest absolute Gasteiger partial charge is 0.356 e. The minimum absolute atomic E-state index is 0.0206. The van der Waals surface area contributed by atoms with Crippen molar-refractivity contribution in [1.82, 2.24) is 24.8 Å². The molecule has 1 fully saturated rings. The number of amides is 2. The Morgan fingerprint density at radius 2 is 2.26 bits per heavy atom. The van der Waals surface area contributed by atoms with Gasteiger partial charge in [0, 0.05) is 7.05 Å². The first-order valence-corrected chi connectivity index (χ1v) is 5.87. The molecule has 3 rings (SSSR count). The summed E-state index contributed by atoms with van der Waals surface area (Å²) in [6.07, 6.45) is 1.54. The number of rotatable bonds is 2. The van der Waals surface area contributed by atoms with Crippen molar-refractivity contribution in [2.45, 2.75) is 12.5 Å². The summed E-state index contributed by atoms with van der Waals surface area (Å²) in [4.78, 5) is 39.1. The summed E-state index contributed by atoms with van der Waals surface area (Å²) in [5.74, 6) is -0.176. The van der Waals surface area contributed by atoms with E-state index in [0.29, 0.717) is 17.0 Å². The molecule has 1 saturated heterocycles. The van der Waals surface area contributed by atoms with Crippen molar-refractivity contribution in [3.8, 4) is 0 Å². The van der Waals surface area contributed by atoms with E-state index in [0.717, 1.165) is 4.90 Å². The van der Waals surface area contributed by atoms with E-state index in [1.54, 1.807) is 0 Å². The smallest absolute Gasteiger partial charge is 0.251 e. The molecular formula is C10H9ClN6O2. The van der Waals surface area contributed by atoms with Gasteiger partial charge < -0.3 is 10.3 Å². The van der Waals surface area contributed by atoms with E-state index in [9.17, 15) is 9.59 Å². The topological polar surface area (TPSA) is 104 Å². The second-order valence-electron chi connectivity index (χ2n) is 4.13. The van der Waals surface area contributed by atoms with Gasteiger partial charge in [-0.2, -0.15) is 9.97 Å². The number of carbonyl (C=O) groups is 2. The van der Waals surface area contributed by atoms with Crippen LogP contribution in [0.3, 0.4) is 0 Å². The highest BCUT2D eigenvalue weighted by Crippen LogP contribution is 2.22. The lowest BCUT2D eigenvalue weighted by molar-refractivity contribution is -0.136. The number of likely N-dealkylation sites (N-methyl/N-ethyl adjacent to an activating group) is 1. The number of H-pyrrole nitrogens is 1. The Kier molecular flexibility index (Phi) is 2.59. The van der Waals surface area contributed by atoms with Crippen molar-refractivity contribution >= 4 is 40.4 Å². The van der Waals surface area contributed by atoms with Crippen LogP contribution >= 0.6 is 11.6 Å². The van der Waals surface area contributed by atoms with Gasteiger partial charge in [-0.15, -0.1) is 0 Å². The van der Waals surface area contributed by atoms with Gasteiger partial charge in [-0.1, -0.05) is 0 Å². The number of imidazole rings is 1. The minimum atomic E-state index is -0.644. The summed E-state index contributed by atoms with van der Waals surface area (Å²) in [5.41, 5.74) is 0.937. The minimum Gasteiger partial charge on any atom is -0.356 e. The Hall–Kier alpha value is -2.22. The maximum absolute atomic E-state index is 11.8. The molecule has 0 aromatic carbocycles. The molecule has 1 unspecified atom stereocenters. The molecule has 3 heterocycles. The molecule has 1 aliphatic heterocycles. The zero-order chi connectivity index (χ0) is 13.6. The van der Waals surface area contributed by atoms with Crippen LogP contribution in [0.2, 0.25) is 5.28 Å². The quantitative estimate of drug-likeness (QED) is 0.600. The highest BCUT2D eigenvalue weighted by Gasteiger charge is 2.36. The highest BCUT2D eigenvalue weighted by molar-refractivity contribution is 6.28. The van der Waals surface area contributed by atoms with Crippen LogP contribution in [0.1, 0.15) is 6.42 Å². The van der Waals surface area contributed by atoms with Crippen LogP contribution in [0, 0.1) is 0 Å². The van der Waals surface area contributed by atoms with Crippen LogP contribution in [0.15, 0.2) is 6.33 Å². The normalized spacial score (nSPS) is 19.5. The average molecular weight is 281 g/mol. The van der Waals surface area contributed by atoms with Crippen molar-refractivity contribution in [2.75, 3.05) is 12.4 Å². The van der Waals surface area contributed by atoms with Gasteiger partial charge in [-0.25, -0.2) is 4.98 Å². The average Bonchev–Trinajstić information content (AvgIpc) is 2.91. The van der Waals surface area contributed by atoms with Crippen LogP contribution in [0.5, 0.6) is 0 Å². The predicted octanol–water partition coefficient (Wildman–Crippen LogP) is 0.175. The van der Waals surface area contributed by atoms with Gasteiger partial charge in [-0.05, 0) is 11.6 Å². The summed E-state index contributed by atoms with van der Waals surface area (Å²) in [7, 11) is 1.45. The summed E-state index contributed by atoms with van der Waals surface area (Å²) >= 11 is 5.78. The van der Waals surface area contributed by atoms with E-state index < -0.39 is 6.04 Å². The van der Waals surface area contributed by atoms with Crippen molar-refractivity contribution in [1.29, 1.82) is 0 Å². The second kappa shape index (κ2) is 4.16. The molecule has 2 aromatic rings. The molecule has 0 spiro atoms. The van der Waals surface area contributed by atoms with Crippen molar-refractivity contribution in [2.24, 2.45) is 0 Å². The fraction of sp³-hybridized carbons (Fsp3) is 0.300. The summed E-state index contributed by atoms with van der Waals surface area (Å²) in [5, 5.41) is 2.92.